The van der Waals surface area contributed by atoms with Crippen LogP contribution in [0.5, 0.6) is 0 Å². The summed E-state index contributed by atoms with van der Waals surface area (Å²) in [6.07, 6.45) is 3.32. The second kappa shape index (κ2) is 4.83. The predicted molar refractivity (Wildman–Crippen MR) is 79.5 cm³/mol. The molecular formula is C17H25NO2. The lowest BCUT2D eigenvalue weighted by Crippen LogP contribution is -2.58. The number of rotatable bonds is 2. The summed E-state index contributed by atoms with van der Waals surface area (Å²) in [6.45, 7) is 4.62. The van der Waals surface area contributed by atoms with Crippen LogP contribution in [0.2, 0.25) is 0 Å². The Balaban J connectivity index is 1.95. The molecule has 0 radical (unpaired) electrons. The highest BCUT2D eigenvalue weighted by Gasteiger charge is 2.54. The van der Waals surface area contributed by atoms with E-state index in [0.717, 1.165) is 12.8 Å². The molecular weight excluding hydrogens is 250 g/mol. The van der Waals surface area contributed by atoms with Crippen LogP contribution in [0.4, 0.5) is 0 Å². The van der Waals surface area contributed by atoms with E-state index in [-0.39, 0.29) is 17.6 Å². The van der Waals surface area contributed by atoms with Crippen molar-refractivity contribution in [2.24, 2.45) is 11.1 Å². The molecule has 2 aliphatic rings. The average molecular weight is 275 g/mol. The molecule has 0 bridgehead atoms. The van der Waals surface area contributed by atoms with Crippen molar-refractivity contribution in [2.45, 2.75) is 57.3 Å². The van der Waals surface area contributed by atoms with Gasteiger partial charge in [0.25, 0.3) is 0 Å². The van der Waals surface area contributed by atoms with Gasteiger partial charge in [-0.05, 0) is 37.8 Å². The average Bonchev–Trinajstić information content (AvgIpc) is 2.77. The van der Waals surface area contributed by atoms with E-state index >= 15 is 0 Å². The topological polar surface area (TPSA) is 55.5 Å². The highest BCUT2D eigenvalue weighted by Crippen LogP contribution is 2.50. The van der Waals surface area contributed by atoms with Crippen molar-refractivity contribution < 1.29 is 9.84 Å². The van der Waals surface area contributed by atoms with E-state index in [1.807, 2.05) is 13.8 Å². The molecule has 0 amide bonds. The van der Waals surface area contributed by atoms with Crippen LogP contribution < -0.4 is 5.73 Å². The van der Waals surface area contributed by atoms with Crippen LogP contribution in [0.3, 0.4) is 0 Å². The van der Waals surface area contributed by atoms with E-state index in [9.17, 15) is 5.11 Å². The van der Waals surface area contributed by atoms with Crippen LogP contribution in [0.15, 0.2) is 24.3 Å². The first-order valence-electron chi connectivity index (χ1n) is 7.63. The van der Waals surface area contributed by atoms with Crippen molar-refractivity contribution in [3.8, 4) is 0 Å². The number of aliphatic hydroxyl groups is 1. The molecule has 3 heteroatoms. The Morgan fingerprint density at radius 3 is 2.10 bits per heavy atom. The molecule has 0 spiro atoms. The van der Waals surface area contributed by atoms with Gasteiger partial charge in [0, 0.05) is 24.8 Å². The number of nitrogens with two attached hydrogens (primary N) is 1. The van der Waals surface area contributed by atoms with Crippen molar-refractivity contribution in [1.29, 1.82) is 0 Å². The first kappa shape index (κ1) is 14.1. The van der Waals surface area contributed by atoms with Crippen molar-refractivity contribution in [3.63, 3.8) is 0 Å². The monoisotopic (exact) mass is 275 g/mol. The molecule has 1 heterocycles. The maximum absolute atomic E-state index is 11.4. The highest BCUT2D eigenvalue weighted by molar-refractivity contribution is 5.36. The zero-order valence-electron chi connectivity index (χ0n) is 12.4. The number of benzene rings is 1. The summed E-state index contributed by atoms with van der Waals surface area (Å²) >= 11 is 0. The smallest absolute Gasteiger partial charge is 0.0771 e. The summed E-state index contributed by atoms with van der Waals surface area (Å²) in [6, 6.07) is 8.49. The van der Waals surface area contributed by atoms with Crippen molar-refractivity contribution >= 4 is 0 Å². The molecule has 110 valence electrons. The SMILES string of the molecule is CC1CC(O)(C2(CN)Cc3ccccc3C2)CC(C)O1. The van der Waals surface area contributed by atoms with E-state index in [0.29, 0.717) is 19.4 Å². The van der Waals surface area contributed by atoms with Gasteiger partial charge in [0.1, 0.15) is 0 Å². The lowest BCUT2D eigenvalue weighted by atomic mass is 9.64. The van der Waals surface area contributed by atoms with Gasteiger partial charge in [0.2, 0.25) is 0 Å². The van der Waals surface area contributed by atoms with Crippen LogP contribution >= 0.6 is 0 Å². The number of fused-ring (bicyclic) bond motifs is 1. The Kier molecular flexibility index (Phi) is 3.39. The molecule has 1 aromatic carbocycles. The first-order valence-corrected chi connectivity index (χ1v) is 7.63. The van der Waals surface area contributed by atoms with Crippen molar-refractivity contribution in [2.75, 3.05) is 6.54 Å². The van der Waals surface area contributed by atoms with Gasteiger partial charge >= 0.3 is 0 Å². The molecule has 3 N–H and O–H groups in total. The Morgan fingerprint density at radius 1 is 1.15 bits per heavy atom. The fraction of sp³-hybridized carbons (Fsp3) is 0.647. The first-order chi connectivity index (χ1) is 9.48. The highest BCUT2D eigenvalue weighted by atomic mass is 16.5. The predicted octanol–water partition coefficient (Wildman–Crippen LogP) is 2.05. The van der Waals surface area contributed by atoms with Crippen LogP contribution in [0, 0.1) is 5.41 Å². The summed E-state index contributed by atoms with van der Waals surface area (Å²) in [5.41, 5.74) is 7.89. The third-order valence-electron chi connectivity index (χ3n) is 5.27. The molecule has 0 saturated carbocycles. The van der Waals surface area contributed by atoms with Crippen molar-refractivity contribution in [1.82, 2.24) is 0 Å². The molecule has 0 aromatic heterocycles. The standard InChI is InChI=1S/C17H25NO2/c1-12-7-17(19,8-13(2)20-12)16(11-18)9-14-5-3-4-6-15(14)10-16/h3-6,12-13,19H,7-11,18H2,1-2H3. The minimum atomic E-state index is -0.724. The van der Waals surface area contributed by atoms with E-state index in [1.165, 1.54) is 11.1 Å². The van der Waals surface area contributed by atoms with Crippen LogP contribution in [0.25, 0.3) is 0 Å². The molecule has 1 aliphatic heterocycles. The van der Waals surface area contributed by atoms with E-state index in [2.05, 4.69) is 24.3 Å². The second-order valence-corrected chi connectivity index (χ2v) is 6.80. The Bertz CT molecular complexity index is 465. The van der Waals surface area contributed by atoms with E-state index in [1.54, 1.807) is 0 Å². The molecule has 2 atom stereocenters. The van der Waals surface area contributed by atoms with Gasteiger partial charge in [-0.2, -0.15) is 0 Å². The van der Waals surface area contributed by atoms with Gasteiger partial charge in [0.15, 0.2) is 0 Å². The van der Waals surface area contributed by atoms with Crippen molar-refractivity contribution in [3.05, 3.63) is 35.4 Å². The largest absolute Gasteiger partial charge is 0.389 e. The molecule has 20 heavy (non-hydrogen) atoms. The Hall–Kier alpha value is -0.900. The van der Waals surface area contributed by atoms with Gasteiger partial charge in [-0.3, -0.25) is 0 Å². The van der Waals surface area contributed by atoms with Gasteiger partial charge in [0.05, 0.1) is 17.8 Å². The van der Waals surface area contributed by atoms with E-state index < -0.39 is 5.60 Å². The van der Waals surface area contributed by atoms with Crippen LogP contribution in [-0.2, 0) is 17.6 Å². The summed E-state index contributed by atoms with van der Waals surface area (Å²) in [4.78, 5) is 0. The normalized spacial score (nSPS) is 35.8. The Morgan fingerprint density at radius 2 is 1.65 bits per heavy atom. The second-order valence-electron chi connectivity index (χ2n) is 6.80. The Labute approximate surface area is 121 Å². The minimum Gasteiger partial charge on any atom is -0.389 e. The fourth-order valence-corrected chi connectivity index (χ4v) is 4.32. The van der Waals surface area contributed by atoms with Crippen LogP contribution in [-0.4, -0.2) is 29.5 Å². The summed E-state index contributed by atoms with van der Waals surface area (Å²) in [7, 11) is 0. The maximum atomic E-state index is 11.4. The summed E-state index contributed by atoms with van der Waals surface area (Å²) in [5, 5.41) is 11.4. The minimum absolute atomic E-state index is 0.0934. The quantitative estimate of drug-likeness (QED) is 0.868. The molecule has 1 aliphatic carbocycles. The molecule has 3 rings (SSSR count). The lowest BCUT2D eigenvalue weighted by molar-refractivity contribution is -0.183. The molecule has 3 nitrogen and oxygen atoms in total. The lowest BCUT2D eigenvalue weighted by Gasteiger charge is -2.50. The molecule has 1 fully saturated rings. The van der Waals surface area contributed by atoms with Gasteiger partial charge in [-0.15, -0.1) is 0 Å². The number of hydrogen-bond donors (Lipinski definition) is 2. The third-order valence-corrected chi connectivity index (χ3v) is 5.27. The molecule has 1 aromatic rings. The van der Waals surface area contributed by atoms with Crippen LogP contribution in [0.1, 0.15) is 37.8 Å². The van der Waals surface area contributed by atoms with Gasteiger partial charge < -0.3 is 15.6 Å². The molecule has 2 unspecified atom stereocenters. The summed E-state index contributed by atoms with van der Waals surface area (Å²) < 4.78 is 5.81. The van der Waals surface area contributed by atoms with Gasteiger partial charge in [-0.25, -0.2) is 0 Å². The maximum Gasteiger partial charge on any atom is 0.0771 e. The third kappa shape index (κ3) is 2.09. The zero-order chi connectivity index (χ0) is 14.4. The van der Waals surface area contributed by atoms with Gasteiger partial charge in [-0.1, -0.05) is 24.3 Å². The molecule has 1 saturated heterocycles. The van der Waals surface area contributed by atoms with E-state index in [4.69, 9.17) is 10.5 Å². The number of ether oxygens (including phenoxy) is 1. The summed E-state index contributed by atoms with van der Waals surface area (Å²) in [5.74, 6) is 0. The number of hydrogen-bond acceptors (Lipinski definition) is 3. The zero-order valence-corrected chi connectivity index (χ0v) is 12.4. The fourth-order valence-electron chi connectivity index (χ4n) is 4.32.